The number of hydrogen-bond acceptors (Lipinski definition) is 2. The van der Waals surface area contributed by atoms with Gasteiger partial charge in [-0.15, -0.1) is 0 Å². The van der Waals surface area contributed by atoms with Gasteiger partial charge in [0, 0.05) is 8.59 Å². The van der Waals surface area contributed by atoms with Crippen molar-refractivity contribution in [1.29, 1.82) is 0 Å². The van der Waals surface area contributed by atoms with Crippen LogP contribution in [0.2, 0.25) is 5.02 Å². The monoisotopic (exact) mass is 386 g/mol. The number of benzene rings is 2. The Morgan fingerprint density at radius 3 is 2.53 bits per heavy atom. The van der Waals surface area contributed by atoms with Gasteiger partial charge in [-0.1, -0.05) is 41.9 Å². The molecule has 100 valence electrons. The van der Waals surface area contributed by atoms with Crippen LogP contribution in [0.4, 0.5) is 0 Å². The summed E-state index contributed by atoms with van der Waals surface area (Å²) in [6, 6.07) is 14.3. The molecular weight excluding hydrogens is 371 g/mol. The van der Waals surface area contributed by atoms with Gasteiger partial charge in [-0.25, -0.2) is 0 Å². The molecule has 0 amide bonds. The Balaban J connectivity index is 2.25. The smallest absolute Gasteiger partial charge is 0.0510 e. The lowest BCUT2D eigenvalue weighted by molar-refractivity contribution is 0.549. The van der Waals surface area contributed by atoms with Gasteiger partial charge in [0.1, 0.15) is 0 Å². The maximum absolute atomic E-state index is 5.90. The maximum atomic E-state index is 5.90. The van der Waals surface area contributed by atoms with Crippen molar-refractivity contribution < 1.29 is 0 Å². The lowest BCUT2D eigenvalue weighted by Gasteiger charge is -2.19. The van der Waals surface area contributed by atoms with Crippen molar-refractivity contribution in [2.75, 3.05) is 0 Å². The highest BCUT2D eigenvalue weighted by molar-refractivity contribution is 14.1. The second-order valence-electron chi connectivity index (χ2n) is 4.53. The zero-order chi connectivity index (χ0) is 13.8. The summed E-state index contributed by atoms with van der Waals surface area (Å²) in [5.41, 5.74) is 6.63. The average molecular weight is 387 g/mol. The number of rotatable bonds is 4. The van der Waals surface area contributed by atoms with Gasteiger partial charge in [0.15, 0.2) is 0 Å². The Hall–Kier alpha value is -0.620. The van der Waals surface area contributed by atoms with Gasteiger partial charge >= 0.3 is 0 Å². The van der Waals surface area contributed by atoms with Gasteiger partial charge < -0.3 is 0 Å². The lowest BCUT2D eigenvalue weighted by Crippen LogP contribution is -2.30. The summed E-state index contributed by atoms with van der Waals surface area (Å²) < 4.78 is 1.26. The molecule has 0 aliphatic rings. The second kappa shape index (κ2) is 6.70. The molecule has 0 fully saturated rings. The van der Waals surface area contributed by atoms with E-state index >= 15 is 0 Å². The summed E-state index contributed by atoms with van der Waals surface area (Å²) >= 11 is 8.28. The number of halogens is 2. The summed E-state index contributed by atoms with van der Waals surface area (Å²) in [7, 11) is 0. The van der Waals surface area contributed by atoms with Crippen molar-refractivity contribution in [2.24, 2.45) is 5.84 Å². The highest BCUT2D eigenvalue weighted by Crippen LogP contribution is 2.25. The average Bonchev–Trinajstić information content (AvgIpc) is 2.42. The normalized spacial score (nSPS) is 12.4. The molecule has 2 rings (SSSR count). The first-order chi connectivity index (χ1) is 9.11. The molecule has 0 aliphatic carbocycles. The minimum absolute atomic E-state index is 0.105. The van der Waals surface area contributed by atoms with Gasteiger partial charge in [0.25, 0.3) is 0 Å². The van der Waals surface area contributed by atoms with Gasteiger partial charge in [0.2, 0.25) is 0 Å². The molecule has 2 aromatic carbocycles. The molecular formula is C15H16ClIN2. The van der Waals surface area contributed by atoms with Gasteiger partial charge in [-0.2, -0.15) is 0 Å². The fourth-order valence-electron chi connectivity index (χ4n) is 2.05. The molecule has 3 N–H and O–H groups in total. The van der Waals surface area contributed by atoms with Crippen molar-refractivity contribution in [3.05, 3.63) is 67.7 Å². The van der Waals surface area contributed by atoms with Gasteiger partial charge in [0.05, 0.1) is 6.04 Å². The van der Waals surface area contributed by atoms with E-state index in [9.17, 15) is 0 Å². The van der Waals surface area contributed by atoms with E-state index in [1.54, 1.807) is 0 Å². The third kappa shape index (κ3) is 3.69. The van der Waals surface area contributed by atoms with Crippen LogP contribution in [0.1, 0.15) is 22.7 Å². The predicted octanol–water partition coefficient (Wildman–Crippen LogP) is 4.00. The van der Waals surface area contributed by atoms with E-state index in [1.807, 2.05) is 24.3 Å². The highest BCUT2D eigenvalue weighted by atomic mass is 127. The Morgan fingerprint density at radius 2 is 1.89 bits per heavy atom. The first kappa shape index (κ1) is 14.8. The molecule has 1 unspecified atom stereocenters. The molecule has 2 nitrogen and oxygen atoms in total. The van der Waals surface area contributed by atoms with E-state index in [0.29, 0.717) is 0 Å². The van der Waals surface area contributed by atoms with Crippen molar-refractivity contribution >= 4 is 34.2 Å². The van der Waals surface area contributed by atoms with Gasteiger partial charge in [-0.3, -0.25) is 11.3 Å². The number of hydrogen-bond donors (Lipinski definition) is 2. The molecule has 0 aromatic heterocycles. The summed E-state index contributed by atoms with van der Waals surface area (Å²) in [4.78, 5) is 0. The molecule has 0 spiro atoms. The predicted molar refractivity (Wildman–Crippen MR) is 89.1 cm³/mol. The Kier molecular flexibility index (Phi) is 5.21. The van der Waals surface area contributed by atoms with Crippen molar-refractivity contribution in [2.45, 2.75) is 19.4 Å². The SMILES string of the molecule is Cc1cccc(C(Cc2ccc(Cl)cc2)NN)c1I. The number of nitrogens with one attached hydrogen (secondary N) is 1. The van der Waals surface area contributed by atoms with E-state index in [1.165, 1.54) is 20.3 Å². The maximum Gasteiger partial charge on any atom is 0.0510 e. The van der Waals surface area contributed by atoms with Gasteiger partial charge in [-0.05, 0) is 64.8 Å². The summed E-state index contributed by atoms with van der Waals surface area (Å²) in [5, 5.41) is 0.756. The first-order valence-corrected chi connectivity index (χ1v) is 7.53. The number of nitrogens with two attached hydrogens (primary N) is 1. The van der Waals surface area contributed by atoms with E-state index in [4.69, 9.17) is 17.4 Å². The minimum atomic E-state index is 0.105. The molecule has 0 saturated carbocycles. The summed E-state index contributed by atoms with van der Waals surface area (Å²) in [6.45, 7) is 2.11. The second-order valence-corrected chi connectivity index (χ2v) is 6.04. The van der Waals surface area contributed by atoms with Crippen molar-refractivity contribution in [1.82, 2.24) is 5.43 Å². The summed E-state index contributed by atoms with van der Waals surface area (Å²) in [5.74, 6) is 5.72. The van der Waals surface area contributed by atoms with Crippen LogP contribution in [-0.2, 0) is 6.42 Å². The lowest BCUT2D eigenvalue weighted by atomic mass is 9.98. The highest BCUT2D eigenvalue weighted by Gasteiger charge is 2.14. The number of hydrazine groups is 1. The van der Waals surface area contributed by atoms with Crippen LogP contribution in [-0.4, -0.2) is 0 Å². The molecule has 2 aromatic rings. The Bertz CT molecular complexity index is 555. The molecule has 4 heteroatoms. The number of aryl methyl sites for hydroxylation is 1. The fraction of sp³-hybridized carbons (Fsp3) is 0.200. The van der Waals surface area contributed by atoms with Crippen molar-refractivity contribution in [3.8, 4) is 0 Å². The summed E-state index contributed by atoms with van der Waals surface area (Å²) in [6.07, 6.45) is 0.840. The fourth-order valence-corrected chi connectivity index (χ4v) is 2.92. The first-order valence-electron chi connectivity index (χ1n) is 6.07. The van der Waals surface area contributed by atoms with E-state index < -0.39 is 0 Å². The van der Waals surface area contributed by atoms with E-state index in [2.05, 4.69) is 53.1 Å². The van der Waals surface area contributed by atoms with Crippen LogP contribution in [0.25, 0.3) is 0 Å². The zero-order valence-corrected chi connectivity index (χ0v) is 13.6. The van der Waals surface area contributed by atoms with Crippen molar-refractivity contribution in [3.63, 3.8) is 0 Å². The molecule has 0 radical (unpaired) electrons. The Labute approximate surface area is 132 Å². The van der Waals surface area contributed by atoms with Crippen LogP contribution < -0.4 is 11.3 Å². The van der Waals surface area contributed by atoms with Crippen LogP contribution in [0.15, 0.2) is 42.5 Å². The molecule has 1 atom stereocenters. The van der Waals surface area contributed by atoms with E-state index in [-0.39, 0.29) is 6.04 Å². The van der Waals surface area contributed by atoms with Crippen LogP contribution >= 0.6 is 34.2 Å². The van der Waals surface area contributed by atoms with Crippen LogP contribution in [0.3, 0.4) is 0 Å². The third-order valence-corrected chi connectivity index (χ3v) is 4.88. The zero-order valence-electron chi connectivity index (χ0n) is 10.7. The van der Waals surface area contributed by atoms with Crippen LogP contribution in [0.5, 0.6) is 0 Å². The molecule has 19 heavy (non-hydrogen) atoms. The topological polar surface area (TPSA) is 38.0 Å². The Morgan fingerprint density at radius 1 is 1.21 bits per heavy atom. The molecule has 0 heterocycles. The van der Waals surface area contributed by atoms with Crippen LogP contribution in [0, 0.1) is 10.5 Å². The molecule has 0 saturated heterocycles. The largest absolute Gasteiger partial charge is 0.271 e. The van der Waals surface area contributed by atoms with E-state index in [0.717, 1.165) is 11.4 Å². The quantitative estimate of drug-likeness (QED) is 0.473. The minimum Gasteiger partial charge on any atom is -0.271 e. The standard InChI is InChI=1S/C15H16ClIN2/c1-10-3-2-4-13(15(10)17)14(19-18)9-11-5-7-12(16)8-6-11/h2-8,14,19H,9,18H2,1H3. The molecule has 0 aliphatic heterocycles. The third-order valence-electron chi connectivity index (χ3n) is 3.15. The molecule has 0 bridgehead atoms.